The van der Waals surface area contributed by atoms with Gasteiger partial charge in [0.05, 0.1) is 19.0 Å². The minimum atomic E-state index is 0.158. The number of allylic oxidation sites excluding steroid dienone is 1. The number of methoxy groups -OCH3 is 1. The van der Waals surface area contributed by atoms with E-state index in [1.807, 2.05) is 49.4 Å². The van der Waals surface area contributed by atoms with Crippen molar-refractivity contribution < 1.29 is 9.84 Å². The van der Waals surface area contributed by atoms with Crippen LogP contribution in [0, 0.1) is 6.92 Å². The molecule has 0 unspecified atom stereocenters. The van der Waals surface area contributed by atoms with Gasteiger partial charge in [-0.3, -0.25) is 0 Å². The molecule has 118 valence electrons. The molecular weight excluding hydrogens is 292 g/mol. The van der Waals surface area contributed by atoms with Crippen molar-refractivity contribution in [3.8, 4) is 5.75 Å². The monoisotopic (exact) mass is 310 g/mol. The third-order valence-electron chi connectivity index (χ3n) is 3.34. The van der Waals surface area contributed by atoms with E-state index in [2.05, 4.69) is 10.2 Å². The van der Waals surface area contributed by atoms with Crippen LogP contribution < -0.4 is 9.75 Å². The van der Waals surface area contributed by atoms with Crippen LogP contribution in [-0.4, -0.2) is 27.3 Å². The number of aromatic nitrogens is 3. The van der Waals surface area contributed by atoms with Crippen molar-refractivity contribution >= 4 is 16.7 Å². The molecule has 1 aromatic heterocycles. The summed E-state index contributed by atoms with van der Waals surface area (Å²) in [7, 11) is 1.61. The molecule has 3 aromatic rings. The first-order chi connectivity index (χ1) is 11.1. The number of ether oxygens (including phenoxy) is 1. The van der Waals surface area contributed by atoms with Gasteiger partial charge in [0, 0.05) is 6.07 Å². The Bertz CT molecular complexity index is 866. The summed E-state index contributed by atoms with van der Waals surface area (Å²) in [5, 5.41) is 20.3. The Morgan fingerprint density at radius 1 is 1.17 bits per heavy atom. The van der Waals surface area contributed by atoms with Crippen molar-refractivity contribution in [2.45, 2.75) is 13.8 Å². The van der Waals surface area contributed by atoms with Gasteiger partial charge in [0.2, 0.25) is 0 Å². The Balaban J connectivity index is 2.11. The van der Waals surface area contributed by atoms with E-state index in [-0.39, 0.29) is 5.76 Å². The normalized spacial score (nSPS) is 11.7. The van der Waals surface area contributed by atoms with Gasteiger partial charge in [0.25, 0.3) is 0 Å². The first-order valence-electron chi connectivity index (χ1n) is 7.21. The van der Waals surface area contributed by atoms with Crippen molar-refractivity contribution in [3.63, 3.8) is 0 Å². The van der Waals surface area contributed by atoms with Crippen molar-refractivity contribution in [2.75, 3.05) is 12.1 Å². The predicted octanol–water partition coefficient (Wildman–Crippen LogP) is 3.44. The van der Waals surface area contributed by atoms with Gasteiger partial charge in [-0.25, -0.2) is 5.01 Å². The molecule has 0 radical (unpaired) electrons. The van der Waals surface area contributed by atoms with Crippen LogP contribution in [-0.2, 0) is 0 Å². The van der Waals surface area contributed by atoms with E-state index in [0.29, 0.717) is 5.52 Å². The fourth-order valence-corrected chi connectivity index (χ4v) is 2.28. The molecule has 3 rings (SSSR count). The molecule has 6 nitrogen and oxygen atoms in total. The minimum absolute atomic E-state index is 0.158. The lowest BCUT2D eigenvalue weighted by molar-refractivity contribution is 0.407. The lowest BCUT2D eigenvalue weighted by Gasteiger charge is -2.19. The van der Waals surface area contributed by atoms with Gasteiger partial charge in [0.1, 0.15) is 22.5 Å². The first kappa shape index (κ1) is 14.9. The Labute approximate surface area is 134 Å². The number of nitrogens with zero attached hydrogens (tertiary/aromatic N) is 4. The zero-order valence-electron chi connectivity index (χ0n) is 13.3. The lowest BCUT2D eigenvalue weighted by atomic mass is 10.2. The first-order valence-corrected chi connectivity index (χ1v) is 7.21. The Hall–Kier alpha value is -3.02. The van der Waals surface area contributed by atoms with Gasteiger partial charge in [-0.05, 0) is 43.7 Å². The second-order valence-electron chi connectivity index (χ2n) is 5.28. The molecule has 0 aliphatic heterocycles. The fourth-order valence-electron chi connectivity index (χ4n) is 2.28. The topological polar surface area (TPSA) is 63.4 Å². The lowest BCUT2D eigenvalue weighted by Crippen LogP contribution is -2.26. The number of benzene rings is 2. The van der Waals surface area contributed by atoms with Gasteiger partial charge < -0.3 is 9.84 Å². The summed E-state index contributed by atoms with van der Waals surface area (Å²) in [4.78, 5) is 1.46. The second kappa shape index (κ2) is 6.00. The molecule has 1 heterocycles. The molecule has 23 heavy (non-hydrogen) atoms. The summed E-state index contributed by atoms with van der Waals surface area (Å²) in [6, 6.07) is 13.4. The van der Waals surface area contributed by atoms with E-state index in [0.717, 1.165) is 22.5 Å². The molecule has 1 N–H and O–H groups in total. The molecule has 0 bridgehead atoms. The largest absolute Gasteiger partial charge is 0.511 e. The fraction of sp³-hybridized carbons (Fsp3) is 0.176. The highest BCUT2D eigenvalue weighted by Gasteiger charge is 2.12. The summed E-state index contributed by atoms with van der Waals surface area (Å²) in [5.74, 6) is 0.881. The zero-order chi connectivity index (χ0) is 16.4. The summed E-state index contributed by atoms with van der Waals surface area (Å²) in [5.41, 5.74) is 3.42. The number of aliphatic hydroxyl groups is 1. The van der Waals surface area contributed by atoms with Crippen molar-refractivity contribution in [1.82, 2.24) is 15.1 Å². The molecule has 0 amide bonds. The zero-order valence-corrected chi connectivity index (χ0v) is 13.3. The molecule has 0 saturated heterocycles. The highest BCUT2D eigenvalue weighted by Crippen LogP contribution is 2.21. The van der Waals surface area contributed by atoms with Crippen LogP contribution in [0.5, 0.6) is 5.75 Å². The average Bonchev–Trinajstić information content (AvgIpc) is 2.95. The highest BCUT2D eigenvalue weighted by atomic mass is 16.5. The molecule has 6 heteroatoms. The Kier molecular flexibility index (Phi) is 3.89. The summed E-state index contributed by atoms with van der Waals surface area (Å²) in [6.07, 6.45) is 1.57. The predicted molar refractivity (Wildman–Crippen MR) is 89.5 cm³/mol. The summed E-state index contributed by atoms with van der Waals surface area (Å²) >= 11 is 0. The third-order valence-corrected chi connectivity index (χ3v) is 3.34. The van der Waals surface area contributed by atoms with Gasteiger partial charge in [-0.15, -0.1) is 10.2 Å². The van der Waals surface area contributed by atoms with Crippen LogP contribution in [0.1, 0.15) is 12.5 Å². The number of hydrogen-bond donors (Lipinski definition) is 1. The molecular formula is C17H18N4O2. The van der Waals surface area contributed by atoms with E-state index < -0.39 is 0 Å². The second-order valence-corrected chi connectivity index (χ2v) is 5.28. The smallest absolute Gasteiger partial charge is 0.121 e. The highest BCUT2D eigenvalue weighted by molar-refractivity contribution is 5.75. The third kappa shape index (κ3) is 3.11. The van der Waals surface area contributed by atoms with Gasteiger partial charge in [-0.2, -0.15) is 0 Å². The molecule has 0 fully saturated rings. The number of anilines is 1. The number of fused-ring (bicyclic) bond motifs is 1. The Morgan fingerprint density at radius 2 is 1.96 bits per heavy atom. The van der Waals surface area contributed by atoms with Gasteiger partial charge in [-0.1, -0.05) is 17.0 Å². The Morgan fingerprint density at radius 3 is 2.65 bits per heavy atom. The van der Waals surface area contributed by atoms with Crippen LogP contribution in [0.15, 0.2) is 54.4 Å². The van der Waals surface area contributed by atoms with Crippen LogP contribution in [0.25, 0.3) is 11.0 Å². The van der Waals surface area contributed by atoms with E-state index in [1.165, 1.54) is 4.91 Å². The molecule has 2 aromatic carbocycles. The van der Waals surface area contributed by atoms with Crippen LogP contribution in [0.3, 0.4) is 0 Å². The van der Waals surface area contributed by atoms with Gasteiger partial charge in [0.15, 0.2) is 0 Å². The average molecular weight is 310 g/mol. The maximum atomic E-state index is 9.70. The van der Waals surface area contributed by atoms with Crippen molar-refractivity contribution in [3.05, 3.63) is 60.0 Å². The van der Waals surface area contributed by atoms with Crippen LogP contribution >= 0.6 is 0 Å². The van der Waals surface area contributed by atoms with E-state index in [1.54, 1.807) is 25.2 Å². The number of hydrogen-bond acceptors (Lipinski definition) is 5. The number of rotatable bonds is 4. The van der Waals surface area contributed by atoms with E-state index in [4.69, 9.17) is 4.74 Å². The summed E-state index contributed by atoms with van der Waals surface area (Å²) in [6.45, 7) is 3.62. The van der Waals surface area contributed by atoms with Crippen molar-refractivity contribution in [1.29, 1.82) is 0 Å². The number of aliphatic hydroxyl groups excluding tert-OH is 1. The van der Waals surface area contributed by atoms with E-state index >= 15 is 0 Å². The molecule has 0 spiro atoms. The van der Waals surface area contributed by atoms with E-state index in [9.17, 15) is 5.11 Å². The van der Waals surface area contributed by atoms with Crippen molar-refractivity contribution in [2.24, 2.45) is 0 Å². The van der Waals surface area contributed by atoms with Crippen LogP contribution in [0.4, 0.5) is 5.69 Å². The quantitative estimate of drug-likeness (QED) is 0.748. The molecule has 0 saturated carbocycles. The van der Waals surface area contributed by atoms with Gasteiger partial charge >= 0.3 is 0 Å². The molecule has 0 atom stereocenters. The minimum Gasteiger partial charge on any atom is -0.511 e. The molecule has 0 aliphatic carbocycles. The molecule has 0 aliphatic rings. The van der Waals surface area contributed by atoms with Crippen LogP contribution in [0.2, 0.25) is 0 Å². The maximum Gasteiger partial charge on any atom is 0.121 e. The number of aryl methyl sites for hydroxylation is 1. The maximum absolute atomic E-state index is 9.70. The standard InChI is InChI=1S/C17H18N4O2/c1-12-5-4-6-14(9-12)20(11-13(2)22)21-18-16-8-7-15(23-3)10-17(16)19-21/h4-11,22H,1-3H3. The SMILES string of the molecule is COc1ccc2nn(N(C=C(C)O)c3cccc(C)c3)nc2c1. The summed E-state index contributed by atoms with van der Waals surface area (Å²) < 4.78 is 5.21.